The van der Waals surface area contributed by atoms with Crippen molar-refractivity contribution in [1.29, 1.82) is 5.26 Å². The van der Waals surface area contributed by atoms with Crippen LogP contribution in [-0.2, 0) is 29.3 Å². The molecule has 1 spiro atoms. The van der Waals surface area contributed by atoms with E-state index in [1.54, 1.807) is 31.2 Å². The molecule has 2 aliphatic heterocycles. The Bertz CT molecular complexity index is 1000. The first kappa shape index (κ1) is 19.0. The third kappa shape index (κ3) is 2.42. The van der Waals surface area contributed by atoms with Crippen molar-refractivity contribution < 1.29 is 23.9 Å². The van der Waals surface area contributed by atoms with Crippen molar-refractivity contribution >= 4 is 23.5 Å². The number of allylic oxidation sites excluding steroid dienone is 1. The lowest BCUT2D eigenvalue weighted by Crippen LogP contribution is -2.50. The Morgan fingerprint density at radius 1 is 1.36 bits per heavy atom. The molecule has 0 fully saturated rings. The van der Waals surface area contributed by atoms with Crippen LogP contribution < -0.4 is 16.4 Å². The molecule has 4 N–H and O–H groups in total. The van der Waals surface area contributed by atoms with E-state index in [0.29, 0.717) is 11.3 Å². The molecule has 2 amide bonds. The van der Waals surface area contributed by atoms with Gasteiger partial charge < -0.3 is 25.8 Å². The number of fused-ring (bicyclic) bond motifs is 2. The third-order valence-electron chi connectivity index (χ3n) is 4.68. The molecule has 0 unspecified atom stereocenters. The van der Waals surface area contributed by atoms with Gasteiger partial charge in [-0.25, -0.2) is 4.79 Å². The first-order valence-corrected chi connectivity index (χ1v) is 8.47. The van der Waals surface area contributed by atoms with E-state index in [9.17, 15) is 19.6 Å². The van der Waals surface area contributed by atoms with Gasteiger partial charge in [0.15, 0.2) is 5.41 Å². The topological polar surface area (TPSA) is 149 Å². The fourth-order valence-corrected chi connectivity index (χ4v) is 3.73. The number of ether oxygens (including phenoxy) is 2. The predicted molar refractivity (Wildman–Crippen MR) is 96.9 cm³/mol. The number of primary amides is 1. The standard InChI is InChI=1S/C19H18N4O5/c1-3-27-17(25)15-10(2)28-16(22)12(8-20)19(15)11-6-4-5-7-13(11)23(18(19)26)9-14(21)24/h4-7H,3,9,22H2,1-2H3,(H2,21,24)/t19-/m0/s1. The Morgan fingerprint density at radius 3 is 2.64 bits per heavy atom. The summed E-state index contributed by atoms with van der Waals surface area (Å²) in [6.45, 7) is 2.70. The van der Waals surface area contributed by atoms with Crippen molar-refractivity contribution in [3.8, 4) is 6.07 Å². The Balaban J connectivity index is 2.40. The average Bonchev–Trinajstić information content (AvgIpc) is 2.85. The van der Waals surface area contributed by atoms with Gasteiger partial charge >= 0.3 is 5.97 Å². The van der Waals surface area contributed by atoms with E-state index in [1.165, 1.54) is 6.92 Å². The summed E-state index contributed by atoms with van der Waals surface area (Å²) in [6, 6.07) is 8.42. The SMILES string of the molecule is CCOC(=O)C1=C(C)OC(N)=C(C#N)[C@]12C(=O)N(CC(N)=O)c1ccccc12. The highest BCUT2D eigenvalue weighted by molar-refractivity contribution is 6.19. The molecule has 1 aromatic rings. The van der Waals surface area contributed by atoms with Crippen LogP contribution in [0.15, 0.2) is 47.1 Å². The van der Waals surface area contributed by atoms with Gasteiger partial charge in [0, 0.05) is 11.3 Å². The summed E-state index contributed by atoms with van der Waals surface area (Å²) in [5, 5.41) is 9.81. The molecule has 1 atom stereocenters. The Kier molecular flexibility index (Phi) is 4.56. The summed E-state index contributed by atoms with van der Waals surface area (Å²) >= 11 is 0. The van der Waals surface area contributed by atoms with Crippen LogP contribution in [0.1, 0.15) is 19.4 Å². The number of nitrogens with two attached hydrogens (primary N) is 2. The minimum absolute atomic E-state index is 0.0408. The Hall–Kier alpha value is -3.80. The molecule has 144 valence electrons. The minimum Gasteiger partial charge on any atom is -0.462 e. The highest BCUT2D eigenvalue weighted by Gasteiger charge is 2.62. The smallest absolute Gasteiger partial charge is 0.339 e. The summed E-state index contributed by atoms with van der Waals surface area (Å²) in [5.41, 5.74) is 9.64. The number of hydrogen-bond donors (Lipinski definition) is 2. The van der Waals surface area contributed by atoms with Gasteiger partial charge in [0.25, 0.3) is 0 Å². The summed E-state index contributed by atoms with van der Waals surface area (Å²) < 4.78 is 10.5. The number of para-hydroxylation sites is 1. The average molecular weight is 382 g/mol. The zero-order chi connectivity index (χ0) is 20.6. The highest BCUT2D eigenvalue weighted by atomic mass is 16.5. The second kappa shape index (κ2) is 6.74. The molecule has 28 heavy (non-hydrogen) atoms. The monoisotopic (exact) mass is 382 g/mol. The van der Waals surface area contributed by atoms with Crippen molar-refractivity contribution in [2.45, 2.75) is 19.3 Å². The molecule has 0 saturated carbocycles. The van der Waals surface area contributed by atoms with Gasteiger partial charge in [-0.3, -0.25) is 9.59 Å². The number of amides is 2. The maximum Gasteiger partial charge on any atom is 0.339 e. The van der Waals surface area contributed by atoms with Crippen molar-refractivity contribution in [2.24, 2.45) is 11.5 Å². The van der Waals surface area contributed by atoms with Gasteiger partial charge in [-0.1, -0.05) is 18.2 Å². The normalized spacial score (nSPS) is 20.8. The van der Waals surface area contributed by atoms with Crippen LogP contribution in [0.25, 0.3) is 0 Å². The Labute approximate surface area is 160 Å². The van der Waals surface area contributed by atoms with Crippen molar-refractivity contribution in [3.05, 3.63) is 52.6 Å². The Morgan fingerprint density at radius 2 is 2.04 bits per heavy atom. The van der Waals surface area contributed by atoms with Crippen molar-refractivity contribution in [3.63, 3.8) is 0 Å². The lowest BCUT2D eigenvalue weighted by atomic mass is 9.68. The van der Waals surface area contributed by atoms with Gasteiger partial charge in [0.1, 0.15) is 29.5 Å². The summed E-state index contributed by atoms with van der Waals surface area (Å²) in [4.78, 5) is 39.2. The number of anilines is 1. The second-order valence-electron chi connectivity index (χ2n) is 6.23. The number of nitrogens with zero attached hydrogens (tertiary/aromatic N) is 2. The molecule has 2 aliphatic rings. The van der Waals surface area contributed by atoms with Gasteiger partial charge in [0.2, 0.25) is 17.7 Å². The number of rotatable bonds is 4. The van der Waals surface area contributed by atoms with Gasteiger partial charge in [0.05, 0.1) is 6.61 Å². The van der Waals surface area contributed by atoms with Crippen LogP contribution >= 0.6 is 0 Å². The first-order valence-electron chi connectivity index (χ1n) is 8.47. The summed E-state index contributed by atoms with van der Waals surface area (Å²) in [5.74, 6) is -2.51. The molecule has 1 aromatic carbocycles. The van der Waals surface area contributed by atoms with Crippen LogP contribution in [0.5, 0.6) is 0 Å². The van der Waals surface area contributed by atoms with Crippen LogP contribution in [0, 0.1) is 11.3 Å². The number of nitriles is 1. The molecule has 0 saturated heterocycles. The molecular weight excluding hydrogens is 364 g/mol. The summed E-state index contributed by atoms with van der Waals surface area (Å²) in [6.07, 6.45) is 0. The van der Waals surface area contributed by atoms with E-state index < -0.39 is 29.7 Å². The molecule has 9 nitrogen and oxygen atoms in total. The van der Waals surface area contributed by atoms with Crippen LogP contribution in [0.3, 0.4) is 0 Å². The number of benzene rings is 1. The molecule has 0 radical (unpaired) electrons. The molecular formula is C19H18N4O5. The zero-order valence-electron chi connectivity index (χ0n) is 15.3. The molecule has 0 aliphatic carbocycles. The van der Waals surface area contributed by atoms with Gasteiger partial charge in [-0.05, 0) is 19.9 Å². The highest BCUT2D eigenvalue weighted by Crippen LogP contribution is 2.53. The molecule has 2 heterocycles. The summed E-state index contributed by atoms with van der Waals surface area (Å²) in [7, 11) is 0. The minimum atomic E-state index is -1.88. The fraction of sp³-hybridized carbons (Fsp3) is 0.263. The first-order chi connectivity index (χ1) is 13.3. The maximum absolute atomic E-state index is 13.6. The molecule has 3 rings (SSSR count). The predicted octanol–water partition coefficient (Wildman–Crippen LogP) is 0.317. The zero-order valence-corrected chi connectivity index (χ0v) is 15.3. The number of carbonyl (C=O) groups excluding carboxylic acids is 3. The fourth-order valence-electron chi connectivity index (χ4n) is 3.73. The number of esters is 1. The number of carbonyl (C=O) groups is 3. The van der Waals surface area contributed by atoms with Crippen molar-refractivity contribution in [2.75, 3.05) is 18.1 Å². The van der Waals surface area contributed by atoms with Crippen LogP contribution in [-0.4, -0.2) is 30.9 Å². The van der Waals surface area contributed by atoms with E-state index in [1.807, 2.05) is 6.07 Å². The maximum atomic E-state index is 13.6. The lowest BCUT2D eigenvalue weighted by Gasteiger charge is -2.34. The molecule has 0 aromatic heterocycles. The molecule has 9 heteroatoms. The number of hydrogen-bond acceptors (Lipinski definition) is 7. The van der Waals surface area contributed by atoms with E-state index in [-0.39, 0.29) is 29.4 Å². The van der Waals surface area contributed by atoms with Crippen molar-refractivity contribution in [1.82, 2.24) is 0 Å². The van der Waals surface area contributed by atoms with E-state index >= 15 is 0 Å². The van der Waals surface area contributed by atoms with E-state index in [4.69, 9.17) is 20.9 Å². The lowest BCUT2D eigenvalue weighted by molar-refractivity contribution is -0.141. The van der Waals surface area contributed by atoms with Crippen LogP contribution in [0.4, 0.5) is 5.69 Å². The van der Waals surface area contributed by atoms with Gasteiger partial charge in [-0.15, -0.1) is 0 Å². The van der Waals surface area contributed by atoms with E-state index in [0.717, 1.165) is 4.90 Å². The quantitative estimate of drug-likeness (QED) is 0.712. The van der Waals surface area contributed by atoms with Crippen LogP contribution in [0.2, 0.25) is 0 Å². The third-order valence-corrected chi connectivity index (χ3v) is 4.68. The molecule has 0 bridgehead atoms. The second-order valence-corrected chi connectivity index (χ2v) is 6.23. The largest absolute Gasteiger partial charge is 0.462 e. The van der Waals surface area contributed by atoms with E-state index in [2.05, 4.69) is 0 Å². The van der Waals surface area contributed by atoms with Gasteiger partial charge in [-0.2, -0.15) is 5.26 Å².